The van der Waals surface area contributed by atoms with E-state index >= 15 is 0 Å². The van der Waals surface area contributed by atoms with Gasteiger partial charge in [-0.25, -0.2) is 13.2 Å². The summed E-state index contributed by atoms with van der Waals surface area (Å²) < 4.78 is 24.4. The van der Waals surface area contributed by atoms with Crippen LogP contribution in [0.4, 0.5) is 4.79 Å². The molecule has 0 aromatic carbocycles. The Morgan fingerprint density at radius 1 is 1.41 bits per heavy atom. The zero-order valence-corrected chi connectivity index (χ0v) is 14.9. The van der Waals surface area contributed by atoms with E-state index in [9.17, 15) is 13.2 Å². The van der Waals surface area contributed by atoms with Crippen molar-refractivity contribution in [2.45, 2.75) is 31.4 Å². The molecule has 2 rings (SSSR count). The molecule has 1 aliphatic heterocycles. The summed E-state index contributed by atoms with van der Waals surface area (Å²) in [5.41, 5.74) is 0. The summed E-state index contributed by atoms with van der Waals surface area (Å²) in [6, 6.07) is 3.69. The van der Waals surface area contributed by atoms with Gasteiger partial charge in [0.2, 0.25) is 0 Å². The maximum Gasteiger partial charge on any atom is 0.317 e. The second kappa shape index (κ2) is 7.66. The van der Waals surface area contributed by atoms with Gasteiger partial charge in [0, 0.05) is 30.3 Å². The number of hydrogen-bond acceptors (Lipinski definition) is 4. The predicted octanol–water partition coefficient (Wildman–Crippen LogP) is 2.55. The highest BCUT2D eigenvalue weighted by Crippen LogP contribution is 2.21. The Morgan fingerprint density at radius 2 is 2.09 bits per heavy atom. The zero-order valence-electron chi connectivity index (χ0n) is 12.5. The number of thiophene rings is 1. The largest absolute Gasteiger partial charge is 0.338 e. The molecular formula is C14H21ClN2O3S2. The summed E-state index contributed by atoms with van der Waals surface area (Å²) >= 11 is 7.37. The maximum atomic E-state index is 12.1. The van der Waals surface area contributed by atoms with E-state index in [-0.39, 0.29) is 17.0 Å². The number of urea groups is 1. The number of carbonyl (C=O) groups is 1. The molecule has 1 fully saturated rings. The van der Waals surface area contributed by atoms with Crippen molar-refractivity contribution in [1.29, 1.82) is 0 Å². The highest BCUT2D eigenvalue weighted by molar-refractivity contribution is 7.92. The molecule has 5 nitrogen and oxygen atoms in total. The van der Waals surface area contributed by atoms with Gasteiger partial charge in [-0.3, -0.25) is 0 Å². The van der Waals surface area contributed by atoms with Gasteiger partial charge in [0.25, 0.3) is 0 Å². The number of nitrogens with one attached hydrogen (secondary N) is 1. The van der Waals surface area contributed by atoms with Gasteiger partial charge in [0.15, 0.2) is 9.84 Å². The Bertz CT molecular complexity index is 607. The third kappa shape index (κ3) is 4.60. The number of sulfone groups is 1. The van der Waals surface area contributed by atoms with Crippen molar-refractivity contribution in [2.75, 3.05) is 25.4 Å². The first-order valence-corrected chi connectivity index (χ1v) is 10.3. The molecule has 1 aliphatic rings. The summed E-state index contributed by atoms with van der Waals surface area (Å²) in [6.07, 6.45) is 1.82. The van der Waals surface area contributed by atoms with Gasteiger partial charge in [-0.2, -0.15) is 0 Å². The number of carbonyl (C=O) groups excluding carboxylic acids is 1. The van der Waals surface area contributed by atoms with Crippen LogP contribution < -0.4 is 5.32 Å². The molecule has 1 saturated heterocycles. The third-order valence-electron chi connectivity index (χ3n) is 3.92. The second-order valence-corrected chi connectivity index (χ2v) is 9.70. The standard InChI is InChI=1S/C14H21ClN2O3S2/c1-2-22(19,20)12-6-9-17(10-7-12)14(18)16-8-5-11-3-4-13(15)21-11/h3-4,12H,2,5-10H2,1H3,(H,16,18). The Morgan fingerprint density at radius 3 is 2.64 bits per heavy atom. The van der Waals surface area contributed by atoms with E-state index in [1.165, 1.54) is 11.3 Å². The highest BCUT2D eigenvalue weighted by Gasteiger charge is 2.30. The van der Waals surface area contributed by atoms with Crippen LogP contribution in [-0.2, 0) is 16.3 Å². The number of hydrogen-bond donors (Lipinski definition) is 1. The fourth-order valence-electron chi connectivity index (χ4n) is 2.54. The van der Waals surface area contributed by atoms with Crippen LogP contribution in [0.3, 0.4) is 0 Å². The van der Waals surface area contributed by atoms with E-state index < -0.39 is 9.84 Å². The first-order valence-electron chi connectivity index (χ1n) is 7.41. The molecule has 0 unspecified atom stereocenters. The summed E-state index contributed by atoms with van der Waals surface area (Å²) in [6.45, 7) is 3.23. The molecule has 0 radical (unpaired) electrons. The fourth-order valence-corrected chi connectivity index (χ4v) is 5.03. The van der Waals surface area contributed by atoms with Crippen molar-refractivity contribution < 1.29 is 13.2 Å². The second-order valence-electron chi connectivity index (χ2n) is 5.33. The molecule has 1 aromatic heterocycles. The molecule has 22 heavy (non-hydrogen) atoms. The van der Waals surface area contributed by atoms with Gasteiger partial charge in [0.05, 0.1) is 9.59 Å². The Hall–Kier alpha value is -0.790. The summed E-state index contributed by atoms with van der Waals surface area (Å²) in [7, 11) is -2.99. The van der Waals surface area contributed by atoms with Crippen LogP contribution in [-0.4, -0.2) is 50.0 Å². The lowest BCUT2D eigenvalue weighted by Gasteiger charge is -2.31. The van der Waals surface area contributed by atoms with Gasteiger partial charge < -0.3 is 10.2 Å². The summed E-state index contributed by atoms with van der Waals surface area (Å²) in [5, 5.41) is 2.58. The summed E-state index contributed by atoms with van der Waals surface area (Å²) in [5.74, 6) is 0.174. The van der Waals surface area contributed by atoms with E-state index in [4.69, 9.17) is 11.6 Å². The number of piperidine rings is 1. The molecule has 2 heterocycles. The van der Waals surface area contributed by atoms with E-state index in [0.29, 0.717) is 32.5 Å². The molecule has 8 heteroatoms. The fraction of sp³-hybridized carbons (Fsp3) is 0.643. The lowest BCUT2D eigenvalue weighted by atomic mass is 10.1. The van der Waals surface area contributed by atoms with E-state index in [1.807, 2.05) is 12.1 Å². The number of nitrogens with zero attached hydrogens (tertiary/aromatic N) is 1. The molecule has 124 valence electrons. The quantitative estimate of drug-likeness (QED) is 0.873. The van der Waals surface area contributed by atoms with Gasteiger partial charge in [-0.05, 0) is 31.4 Å². The molecule has 2 amide bonds. The SMILES string of the molecule is CCS(=O)(=O)C1CCN(C(=O)NCCc2ccc(Cl)s2)CC1. The van der Waals surface area contributed by atoms with Crippen molar-refractivity contribution in [3.63, 3.8) is 0 Å². The predicted molar refractivity (Wildman–Crippen MR) is 90.5 cm³/mol. The van der Waals surface area contributed by atoms with Crippen molar-refractivity contribution in [1.82, 2.24) is 10.2 Å². The van der Waals surface area contributed by atoms with E-state index in [1.54, 1.807) is 11.8 Å². The highest BCUT2D eigenvalue weighted by atomic mass is 35.5. The van der Waals surface area contributed by atoms with Crippen LogP contribution in [0.5, 0.6) is 0 Å². The Labute approximate surface area is 140 Å². The van der Waals surface area contributed by atoms with Crippen molar-refractivity contribution in [3.05, 3.63) is 21.3 Å². The number of rotatable bonds is 5. The van der Waals surface area contributed by atoms with Crippen LogP contribution in [0.25, 0.3) is 0 Å². The van der Waals surface area contributed by atoms with Crippen LogP contribution in [0.15, 0.2) is 12.1 Å². The Kier molecular flexibility index (Phi) is 6.11. The molecule has 0 aliphatic carbocycles. The summed E-state index contributed by atoms with van der Waals surface area (Å²) in [4.78, 5) is 14.9. The average Bonchev–Trinajstić information content (AvgIpc) is 2.93. The van der Waals surface area contributed by atoms with Crippen LogP contribution in [0.2, 0.25) is 4.34 Å². The maximum absolute atomic E-state index is 12.1. The van der Waals surface area contributed by atoms with Crippen molar-refractivity contribution in [2.24, 2.45) is 0 Å². The van der Waals surface area contributed by atoms with Crippen molar-refractivity contribution >= 4 is 38.8 Å². The third-order valence-corrected chi connectivity index (χ3v) is 7.50. The molecular weight excluding hydrogens is 344 g/mol. The minimum absolute atomic E-state index is 0.116. The minimum Gasteiger partial charge on any atom is -0.338 e. The normalized spacial score (nSPS) is 16.7. The zero-order chi connectivity index (χ0) is 16.2. The van der Waals surface area contributed by atoms with E-state index in [2.05, 4.69) is 5.32 Å². The molecule has 0 spiro atoms. The van der Waals surface area contributed by atoms with Gasteiger partial charge in [0.1, 0.15) is 0 Å². The smallest absolute Gasteiger partial charge is 0.317 e. The average molecular weight is 365 g/mol. The first kappa shape index (κ1) is 17.6. The van der Waals surface area contributed by atoms with Gasteiger partial charge in [-0.1, -0.05) is 18.5 Å². The minimum atomic E-state index is -2.99. The number of amides is 2. The van der Waals surface area contributed by atoms with Crippen LogP contribution in [0.1, 0.15) is 24.6 Å². The van der Waals surface area contributed by atoms with Crippen LogP contribution in [0, 0.1) is 0 Å². The lowest BCUT2D eigenvalue weighted by Crippen LogP contribution is -2.47. The monoisotopic (exact) mass is 364 g/mol. The van der Waals surface area contributed by atoms with Gasteiger partial charge in [-0.15, -0.1) is 11.3 Å². The molecule has 0 saturated carbocycles. The topological polar surface area (TPSA) is 66.5 Å². The van der Waals surface area contributed by atoms with Crippen LogP contribution >= 0.6 is 22.9 Å². The van der Waals surface area contributed by atoms with Crippen molar-refractivity contribution in [3.8, 4) is 0 Å². The first-order chi connectivity index (χ1) is 10.4. The number of likely N-dealkylation sites (tertiary alicyclic amines) is 1. The molecule has 0 atom stereocenters. The molecule has 1 N–H and O–H groups in total. The molecule has 0 bridgehead atoms. The number of halogens is 1. The van der Waals surface area contributed by atoms with E-state index in [0.717, 1.165) is 15.6 Å². The molecule has 1 aromatic rings. The Balaban J connectivity index is 1.73. The van der Waals surface area contributed by atoms with Gasteiger partial charge >= 0.3 is 6.03 Å². The lowest BCUT2D eigenvalue weighted by molar-refractivity contribution is 0.187.